The summed E-state index contributed by atoms with van der Waals surface area (Å²) >= 11 is 0. The summed E-state index contributed by atoms with van der Waals surface area (Å²) in [4.78, 5) is 35.4. The summed E-state index contributed by atoms with van der Waals surface area (Å²) in [7, 11) is 0. The molecule has 0 unspecified atom stereocenters. The molecule has 0 fully saturated rings. The number of aliphatic hydroxyl groups excluding tert-OH is 1. The molecule has 1 aliphatic rings. The highest BCUT2D eigenvalue weighted by molar-refractivity contribution is 6.02. The van der Waals surface area contributed by atoms with Crippen LogP contribution in [-0.2, 0) is 16.1 Å². The van der Waals surface area contributed by atoms with E-state index in [1.807, 2.05) is 0 Å². The molecule has 128 valence electrons. The Labute approximate surface area is 143 Å². The van der Waals surface area contributed by atoms with E-state index in [-0.39, 0.29) is 24.7 Å². The van der Waals surface area contributed by atoms with Gasteiger partial charge in [-0.2, -0.15) is 0 Å². The summed E-state index contributed by atoms with van der Waals surface area (Å²) in [6.45, 7) is -0.604. The van der Waals surface area contributed by atoms with Crippen molar-refractivity contribution in [3.63, 3.8) is 0 Å². The summed E-state index contributed by atoms with van der Waals surface area (Å²) in [5.41, 5.74) is 1.67. The van der Waals surface area contributed by atoms with Gasteiger partial charge in [0.05, 0.1) is 17.9 Å². The van der Waals surface area contributed by atoms with E-state index in [1.165, 1.54) is 18.2 Å². The Morgan fingerprint density at radius 2 is 1.84 bits per heavy atom. The number of hydrogen-bond donors (Lipinski definition) is 2. The van der Waals surface area contributed by atoms with E-state index in [1.54, 1.807) is 24.3 Å². The van der Waals surface area contributed by atoms with Crippen molar-refractivity contribution in [1.29, 1.82) is 0 Å². The van der Waals surface area contributed by atoms with Gasteiger partial charge in [-0.05, 0) is 35.9 Å². The van der Waals surface area contributed by atoms with Crippen molar-refractivity contribution in [3.05, 3.63) is 59.2 Å². The highest BCUT2D eigenvalue weighted by atomic mass is 16.5. The molecule has 0 aliphatic carbocycles. The molecule has 0 saturated heterocycles. The maximum absolute atomic E-state index is 12.2. The maximum atomic E-state index is 12.2. The van der Waals surface area contributed by atoms with Gasteiger partial charge in [0.15, 0.2) is 19.0 Å². The molecule has 2 aromatic rings. The lowest BCUT2D eigenvalue weighted by atomic mass is 10.1. The fourth-order valence-electron chi connectivity index (χ4n) is 2.30. The van der Waals surface area contributed by atoms with Crippen LogP contribution in [0.5, 0.6) is 5.75 Å². The van der Waals surface area contributed by atoms with Crippen molar-refractivity contribution >= 4 is 23.3 Å². The number of amides is 1. The van der Waals surface area contributed by atoms with E-state index < -0.39 is 18.4 Å². The Hall–Kier alpha value is -3.19. The molecule has 0 saturated carbocycles. The number of ether oxygens (including phenoxy) is 2. The maximum Gasteiger partial charge on any atom is 0.338 e. The van der Waals surface area contributed by atoms with Gasteiger partial charge in [0.2, 0.25) is 0 Å². The number of aliphatic hydroxyl groups is 1. The van der Waals surface area contributed by atoms with E-state index in [9.17, 15) is 14.4 Å². The number of hydrogen-bond acceptors (Lipinski definition) is 6. The predicted octanol–water partition coefficient (Wildman–Crippen LogP) is 1.55. The van der Waals surface area contributed by atoms with E-state index in [0.29, 0.717) is 22.6 Å². The van der Waals surface area contributed by atoms with Crippen LogP contribution in [0.3, 0.4) is 0 Å². The quantitative estimate of drug-likeness (QED) is 0.632. The van der Waals surface area contributed by atoms with Crippen LogP contribution in [0.15, 0.2) is 42.5 Å². The van der Waals surface area contributed by atoms with Crippen LogP contribution in [-0.4, -0.2) is 36.0 Å². The number of carbonyl (C=O) groups is 3. The number of anilines is 1. The monoisotopic (exact) mass is 341 g/mol. The van der Waals surface area contributed by atoms with Crippen LogP contribution in [0.1, 0.15) is 26.3 Å². The molecule has 0 radical (unpaired) electrons. The highest BCUT2D eigenvalue weighted by Crippen LogP contribution is 2.28. The minimum absolute atomic E-state index is 0.0625. The smallest absolute Gasteiger partial charge is 0.338 e. The lowest BCUT2D eigenvalue weighted by Gasteiger charge is -2.18. The van der Waals surface area contributed by atoms with Crippen LogP contribution in [0.4, 0.5) is 5.69 Å². The fraction of sp³-hybridized carbons (Fsp3) is 0.167. The molecule has 0 bridgehead atoms. The second kappa shape index (κ2) is 7.14. The molecular formula is C18H15NO6. The van der Waals surface area contributed by atoms with Crippen LogP contribution >= 0.6 is 0 Å². The van der Waals surface area contributed by atoms with Gasteiger partial charge in [0, 0.05) is 5.56 Å². The minimum atomic E-state index is -0.632. The van der Waals surface area contributed by atoms with E-state index in [0.717, 1.165) is 0 Å². The highest BCUT2D eigenvalue weighted by Gasteiger charge is 2.18. The molecule has 25 heavy (non-hydrogen) atoms. The standard InChI is InChI=1S/C18H15NO6/c20-8-11-1-3-12(4-2-11)18(23)25-9-15(21)13-5-6-16-14(7-13)19-17(22)10-24-16/h1-7,20H,8-10H2,(H,19,22). The predicted molar refractivity (Wildman–Crippen MR) is 87.5 cm³/mol. The molecule has 1 aliphatic heterocycles. The topological polar surface area (TPSA) is 102 Å². The van der Waals surface area contributed by atoms with E-state index >= 15 is 0 Å². The van der Waals surface area contributed by atoms with E-state index in [2.05, 4.69) is 5.32 Å². The Balaban J connectivity index is 1.63. The van der Waals surface area contributed by atoms with E-state index in [4.69, 9.17) is 14.6 Å². The average Bonchev–Trinajstić information content (AvgIpc) is 2.65. The normalized spacial score (nSPS) is 12.6. The average molecular weight is 341 g/mol. The third-order valence-electron chi connectivity index (χ3n) is 3.64. The first-order valence-corrected chi connectivity index (χ1v) is 7.53. The van der Waals surface area contributed by atoms with Gasteiger partial charge in [0.1, 0.15) is 5.75 Å². The van der Waals surface area contributed by atoms with Crippen molar-refractivity contribution in [2.75, 3.05) is 18.5 Å². The van der Waals surface area contributed by atoms with Crippen molar-refractivity contribution in [2.24, 2.45) is 0 Å². The molecule has 0 aromatic heterocycles. The third kappa shape index (κ3) is 3.84. The zero-order valence-electron chi connectivity index (χ0n) is 13.2. The first kappa shape index (κ1) is 16.7. The van der Waals surface area contributed by atoms with Gasteiger partial charge in [-0.1, -0.05) is 12.1 Å². The van der Waals surface area contributed by atoms with Crippen molar-refractivity contribution in [1.82, 2.24) is 0 Å². The summed E-state index contributed by atoms with van der Waals surface area (Å²) in [6, 6.07) is 10.8. The van der Waals surface area contributed by atoms with Gasteiger partial charge < -0.3 is 19.9 Å². The number of fused-ring (bicyclic) bond motifs is 1. The molecular weight excluding hydrogens is 326 g/mol. The Kier molecular flexibility index (Phi) is 4.76. The summed E-state index contributed by atoms with van der Waals surface area (Å²) < 4.78 is 10.2. The largest absolute Gasteiger partial charge is 0.482 e. The lowest BCUT2D eigenvalue weighted by molar-refractivity contribution is -0.118. The molecule has 2 aromatic carbocycles. The third-order valence-corrected chi connectivity index (χ3v) is 3.64. The van der Waals surface area contributed by atoms with Gasteiger partial charge >= 0.3 is 5.97 Å². The van der Waals surface area contributed by atoms with Crippen LogP contribution in [0.2, 0.25) is 0 Å². The zero-order chi connectivity index (χ0) is 17.8. The van der Waals surface area contributed by atoms with Gasteiger partial charge in [-0.3, -0.25) is 9.59 Å². The van der Waals surface area contributed by atoms with Crippen molar-refractivity contribution < 1.29 is 29.0 Å². The summed E-state index contributed by atoms with van der Waals surface area (Å²) in [5.74, 6) is -0.845. The first-order valence-electron chi connectivity index (χ1n) is 7.53. The van der Waals surface area contributed by atoms with Crippen LogP contribution in [0, 0.1) is 0 Å². The molecule has 7 heteroatoms. The Bertz CT molecular complexity index is 828. The molecule has 0 atom stereocenters. The first-order chi connectivity index (χ1) is 12.1. The van der Waals surface area contributed by atoms with Gasteiger partial charge in [0.25, 0.3) is 5.91 Å². The molecule has 7 nitrogen and oxygen atoms in total. The second-order valence-corrected chi connectivity index (χ2v) is 5.40. The SMILES string of the molecule is O=C1COc2ccc(C(=O)COC(=O)c3ccc(CO)cc3)cc2N1. The van der Waals surface area contributed by atoms with Crippen LogP contribution in [0.25, 0.3) is 0 Å². The Morgan fingerprint density at radius 3 is 2.56 bits per heavy atom. The number of benzene rings is 2. The molecule has 3 rings (SSSR count). The van der Waals surface area contributed by atoms with Crippen LogP contribution < -0.4 is 10.1 Å². The van der Waals surface area contributed by atoms with Crippen molar-refractivity contribution in [3.8, 4) is 5.75 Å². The van der Waals surface area contributed by atoms with Gasteiger partial charge in [-0.15, -0.1) is 0 Å². The van der Waals surface area contributed by atoms with Gasteiger partial charge in [-0.25, -0.2) is 4.79 Å². The number of Topliss-reactive ketones (excluding diaryl/α,β-unsaturated/α-hetero) is 1. The molecule has 2 N–H and O–H groups in total. The number of carbonyl (C=O) groups excluding carboxylic acids is 3. The minimum Gasteiger partial charge on any atom is -0.482 e. The second-order valence-electron chi connectivity index (χ2n) is 5.40. The Morgan fingerprint density at radius 1 is 1.12 bits per heavy atom. The number of rotatable bonds is 5. The summed E-state index contributed by atoms with van der Waals surface area (Å²) in [6.07, 6.45) is 0. The molecule has 0 spiro atoms. The number of ketones is 1. The molecule has 1 amide bonds. The lowest BCUT2D eigenvalue weighted by Crippen LogP contribution is -2.25. The number of nitrogens with one attached hydrogen (secondary N) is 1. The van der Waals surface area contributed by atoms with Crippen molar-refractivity contribution in [2.45, 2.75) is 6.61 Å². The number of esters is 1. The molecule has 1 heterocycles. The zero-order valence-corrected chi connectivity index (χ0v) is 13.2. The summed E-state index contributed by atoms with van der Waals surface area (Å²) in [5, 5.41) is 11.6. The fourth-order valence-corrected chi connectivity index (χ4v) is 2.30.